The van der Waals surface area contributed by atoms with Crippen LogP contribution in [-0.2, 0) is 0 Å². The van der Waals surface area contributed by atoms with Crippen molar-refractivity contribution >= 4 is 34.8 Å². The fourth-order valence-electron chi connectivity index (χ4n) is 1.69. The Bertz CT molecular complexity index is 602. The highest BCUT2D eigenvalue weighted by atomic mass is 35.5. The van der Waals surface area contributed by atoms with Crippen LogP contribution >= 0.6 is 23.2 Å². The standard InChI is InChI=1S/C12H11Cl2N3O/c1-18-8-5-9(15)17-12(16)10(8)6-3-2-4-7(13)11(6)14/h2-5H,1H3,(H4,15,16,17). The van der Waals surface area contributed by atoms with Gasteiger partial charge in [-0.3, -0.25) is 0 Å². The van der Waals surface area contributed by atoms with Crippen molar-refractivity contribution < 1.29 is 4.74 Å². The van der Waals surface area contributed by atoms with Crippen LogP contribution in [0.5, 0.6) is 5.75 Å². The lowest BCUT2D eigenvalue weighted by Gasteiger charge is -2.13. The minimum atomic E-state index is 0.246. The van der Waals surface area contributed by atoms with E-state index in [2.05, 4.69) is 4.98 Å². The van der Waals surface area contributed by atoms with Gasteiger partial charge in [-0.25, -0.2) is 4.98 Å². The predicted octanol–water partition coefficient (Wildman–Crippen LogP) is 3.23. The highest BCUT2D eigenvalue weighted by Gasteiger charge is 2.16. The monoisotopic (exact) mass is 283 g/mol. The summed E-state index contributed by atoms with van der Waals surface area (Å²) in [6.45, 7) is 0. The molecule has 2 aromatic rings. The number of aromatic nitrogens is 1. The first-order chi connectivity index (χ1) is 8.54. The Morgan fingerprint density at radius 1 is 1.22 bits per heavy atom. The van der Waals surface area contributed by atoms with Crippen molar-refractivity contribution in [3.8, 4) is 16.9 Å². The maximum absolute atomic E-state index is 6.17. The van der Waals surface area contributed by atoms with Crippen LogP contribution in [0.15, 0.2) is 24.3 Å². The minimum absolute atomic E-state index is 0.246. The highest BCUT2D eigenvalue weighted by Crippen LogP contribution is 2.41. The minimum Gasteiger partial charge on any atom is -0.496 e. The first-order valence-corrected chi connectivity index (χ1v) is 5.84. The number of pyridine rings is 1. The van der Waals surface area contributed by atoms with Crippen LogP contribution in [0.4, 0.5) is 11.6 Å². The number of anilines is 2. The summed E-state index contributed by atoms with van der Waals surface area (Å²) < 4.78 is 5.25. The number of ether oxygens (including phenoxy) is 1. The van der Waals surface area contributed by atoms with Crippen molar-refractivity contribution in [2.24, 2.45) is 0 Å². The summed E-state index contributed by atoms with van der Waals surface area (Å²) in [4.78, 5) is 4.00. The molecule has 0 saturated heterocycles. The normalized spacial score (nSPS) is 10.4. The number of nitrogen functional groups attached to an aromatic ring is 2. The van der Waals surface area contributed by atoms with Gasteiger partial charge >= 0.3 is 0 Å². The molecule has 1 heterocycles. The topological polar surface area (TPSA) is 74.2 Å². The van der Waals surface area contributed by atoms with Gasteiger partial charge in [-0.15, -0.1) is 0 Å². The van der Waals surface area contributed by atoms with Crippen molar-refractivity contribution in [3.63, 3.8) is 0 Å². The summed E-state index contributed by atoms with van der Waals surface area (Å²) in [5, 5.41) is 0.836. The Balaban J connectivity index is 2.74. The van der Waals surface area contributed by atoms with Crippen LogP contribution < -0.4 is 16.2 Å². The molecule has 2 rings (SSSR count). The largest absolute Gasteiger partial charge is 0.496 e. The van der Waals surface area contributed by atoms with Gasteiger partial charge in [0.15, 0.2) is 0 Å². The van der Waals surface area contributed by atoms with Crippen LogP contribution in [0.2, 0.25) is 10.0 Å². The van der Waals surface area contributed by atoms with E-state index >= 15 is 0 Å². The molecule has 0 bridgehead atoms. The van der Waals surface area contributed by atoms with Gasteiger partial charge in [0.25, 0.3) is 0 Å². The number of hydrogen-bond acceptors (Lipinski definition) is 4. The van der Waals surface area contributed by atoms with Gasteiger partial charge in [0.1, 0.15) is 17.4 Å². The Labute approximate surface area is 114 Å². The van der Waals surface area contributed by atoms with E-state index in [1.54, 1.807) is 24.3 Å². The number of benzene rings is 1. The van der Waals surface area contributed by atoms with Gasteiger partial charge < -0.3 is 16.2 Å². The second-order valence-electron chi connectivity index (χ2n) is 3.61. The molecular formula is C12H11Cl2N3O. The van der Waals surface area contributed by atoms with Gasteiger partial charge in [0, 0.05) is 11.6 Å². The molecule has 0 unspecified atom stereocenters. The molecule has 0 atom stereocenters. The van der Waals surface area contributed by atoms with E-state index in [0.29, 0.717) is 26.9 Å². The molecule has 4 N–H and O–H groups in total. The molecule has 6 heteroatoms. The molecule has 0 fully saturated rings. The van der Waals surface area contributed by atoms with Crippen LogP contribution in [0.25, 0.3) is 11.1 Å². The van der Waals surface area contributed by atoms with E-state index in [-0.39, 0.29) is 11.6 Å². The summed E-state index contributed by atoms with van der Waals surface area (Å²) >= 11 is 12.2. The summed E-state index contributed by atoms with van der Waals surface area (Å²) in [5.74, 6) is 1.03. The van der Waals surface area contributed by atoms with Crippen molar-refractivity contribution in [3.05, 3.63) is 34.3 Å². The lowest BCUT2D eigenvalue weighted by atomic mass is 10.1. The maximum atomic E-state index is 6.17. The van der Waals surface area contributed by atoms with Gasteiger partial charge in [-0.2, -0.15) is 0 Å². The van der Waals surface area contributed by atoms with Gasteiger partial charge in [-0.05, 0) is 6.07 Å². The van der Waals surface area contributed by atoms with E-state index in [9.17, 15) is 0 Å². The van der Waals surface area contributed by atoms with Crippen LogP contribution in [0.1, 0.15) is 0 Å². The molecular weight excluding hydrogens is 273 g/mol. The van der Waals surface area contributed by atoms with Crippen molar-refractivity contribution in [2.75, 3.05) is 18.6 Å². The quantitative estimate of drug-likeness (QED) is 0.887. The SMILES string of the molecule is COc1cc(N)nc(N)c1-c1cccc(Cl)c1Cl. The molecule has 18 heavy (non-hydrogen) atoms. The highest BCUT2D eigenvalue weighted by molar-refractivity contribution is 6.43. The summed E-state index contributed by atoms with van der Waals surface area (Å²) in [7, 11) is 1.52. The van der Waals surface area contributed by atoms with Gasteiger partial charge in [0.2, 0.25) is 0 Å². The van der Waals surface area contributed by atoms with Crippen molar-refractivity contribution in [2.45, 2.75) is 0 Å². The smallest absolute Gasteiger partial charge is 0.137 e. The zero-order valence-electron chi connectivity index (χ0n) is 9.58. The van der Waals surface area contributed by atoms with Crippen LogP contribution in [0.3, 0.4) is 0 Å². The maximum Gasteiger partial charge on any atom is 0.137 e. The lowest BCUT2D eigenvalue weighted by Crippen LogP contribution is -2.01. The van der Waals surface area contributed by atoms with E-state index in [1.807, 2.05) is 0 Å². The molecule has 1 aromatic carbocycles. The van der Waals surface area contributed by atoms with Crippen molar-refractivity contribution in [1.29, 1.82) is 0 Å². The second kappa shape index (κ2) is 4.92. The molecule has 0 aliphatic rings. The Kier molecular flexibility index (Phi) is 3.50. The average molecular weight is 284 g/mol. The molecule has 1 aromatic heterocycles. The fourth-order valence-corrected chi connectivity index (χ4v) is 2.08. The first kappa shape index (κ1) is 12.8. The number of halogens is 2. The third-order valence-corrected chi connectivity index (χ3v) is 3.29. The lowest BCUT2D eigenvalue weighted by molar-refractivity contribution is 0.416. The Morgan fingerprint density at radius 2 is 1.94 bits per heavy atom. The van der Waals surface area contributed by atoms with E-state index in [1.165, 1.54) is 7.11 Å². The molecule has 94 valence electrons. The Morgan fingerprint density at radius 3 is 2.61 bits per heavy atom. The molecule has 0 amide bonds. The summed E-state index contributed by atoms with van der Waals surface area (Å²) in [6, 6.07) is 6.85. The second-order valence-corrected chi connectivity index (χ2v) is 4.40. The number of methoxy groups -OCH3 is 1. The summed E-state index contributed by atoms with van der Waals surface area (Å²) in [6.07, 6.45) is 0. The summed E-state index contributed by atoms with van der Waals surface area (Å²) in [5.41, 5.74) is 12.7. The number of rotatable bonds is 2. The molecule has 0 aliphatic carbocycles. The third-order valence-electron chi connectivity index (χ3n) is 2.47. The van der Waals surface area contributed by atoms with Crippen molar-refractivity contribution in [1.82, 2.24) is 4.98 Å². The van der Waals surface area contributed by atoms with Gasteiger partial charge in [0.05, 0.1) is 22.7 Å². The predicted molar refractivity (Wildman–Crippen MR) is 75.1 cm³/mol. The average Bonchev–Trinajstić information content (AvgIpc) is 2.32. The van der Waals surface area contributed by atoms with Crippen LogP contribution in [0, 0.1) is 0 Å². The third kappa shape index (κ3) is 2.17. The van der Waals surface area contributed by atoms with E-state index in [0.717, 1.165) is 0 Å². The molecule has 0 radical (unpaired) electrons. The molecule has 0 spiro atoms. The fraction of sp³-hybridized carbons (Fsp3) is 0.0833. The number of nitrogens with zero attached hydrogens (tertiary/aromatic N) is 1. The first-order valence-electron chi connectivity index (χ1n) is 5.09. The number of nitrogens with two attached hydrogens (primary N) is 2. The van der Waals surface area contributed by atoms with Crippen LogP contribution in [-0.4, -0.2) is 12.1 Å². The Hall–Kier alpha value is -1.65. The van der Waals surface area contributed by atoms with Gasteiger partial charge in [-0.1, -0.05) is 35.3 Å². The van der Waals surface area contributed by atoms with E-state index in [4.69, 9.17) is 39.4 Å². The van der Waals surface area contributed by atoms with E-state index < -0.39 is 0 Å². The zero-order valence-corrected chi connectivity index (χ0v) is 11.1. The molecule has 0 aliphatic heterocycles. The number of hydrogen-bond donors (Lipinski definition) is 2. The zero-order chi connectivity index (χ0) is 13.3. The molecule has 0 saturated carbocycles. The molecule has 4 nitrogen and oxygen atoms in total.